The number of carbonyl (C=O) groups excluding carboxylic acids is 6. The molecule has 14 nitrogen and oxygen atoms in total. The van der Waals surface area contributed by atoms with Crippen molar-refractivity contribution in [3.8, 4) is 5.75 Å². The summed E-state index contributed by atoms with van der Waals surface area (Å²) in [7, 11) is 0. The van der Waals surface area contributed by atoms with E-state index in [1.54, 1.807) is 5.32 Å². The molecule has 17 heteroatoms. The van der Waals surface area contributed by atoms with Crippen molar-refractivity contribution in [3.63, 3.8) is 0 Å². The molecule has 3 rings (SSSR count). The average Bonchev–Trinajstić information content (AvgIpc) is 3.19. The van der Waals surface area contributed by atoms with E-state index in [1.165, 1.54) is 18.2 Å². The summed E-state index contributed by atoms with van der Waals surface area (Å²) in [5.41, 5.74) is -0.0406. The molecule has 0 aromatic heterocycles. The van der Waals surface area contributed by atoms with E-state index >= 15 is 0 Å². The minimum atomic E-state index is -4.93. The summed E-state index contributed by atoms with van der Waals surface area (Å²) in [6.07, 6.45) is -4.94. The summed E-state index contributed by atoms with van der Waals surface area (Å²) >= 11 is 0. The van der Waals surface area contributed by atoms with Crippen molar-refractivity contribution < 1.29 is 60.9 Å². The Morgan fingerprint density at radius 2 is 1.52 bits per heavy atom. The average molecular weight is 603 g/mol. The number of ether oxygens (including phenoxy) is 4. The molecule has 1 aromatic carbocycles. The van der Waals surface area contributed by atoms with E-state index in [9.17, 15) is 41.9 Å². The van der Waals surface area contributed by atoms with Gasteiger partial charge in [-0.1, -0.05) is 6.07 Å². The molecule has 2 aliphatic heterocycles. The van der Waals surface area contributed by atoms with Crippen LogP contribution < -0.4 is 20.7 Å². The number of benzene rings is 1. The Balaban J connectivity index is 1.27. The van der Waals surface area contributed by atoms with Crippen molar-refractivity contribution in [3.05, 3.63) is 29.3 Å². The summed E-state index contributed by atoms with van der Waals surface area (Å²) in [6.45, 7) is 0.113. The predicted molar refractivity (Wildman–Crippen MR) is 133 cm³/mol. The molecule has 1 atom stereocenters. The lowest BCUT2D eigenvalue weighted by molar-refractivity contribution is -0.173. The highest BCUT2D eigenvalue weighted by Gasteiger charge is 2.46. The first kappa shape index (κ1) is 32.4. The molecular weight excluding hydrogens is 573 g/mol. The van der Waals surface area contributed by atoms with E-state index < -0.39 is 54.3 Å². The Labute approximate surface area is 237 Å². The number of hydrogen-bond donors (Lipinski definition) is 3. The number of amides is 6. The van der Waals surface area contributed by atoms with Crippen molar-refractivity contribution in [2.45, 2.75) is 25.1 Å². The normalized spacial score (nSPS) is 16.7. The Hall–Kier alpha value is -4.09. The molecule has 1 saturated heterocycles. The maximum atomic E-state index is 13.0. The van der Waals surface area contributed by atoms with Crippen molar-refractivity contribution in [1.29, 1.82) is 0 Å². The fraction of sp³-hybridized carbons (Fsp3) is 0.520. The van der Waals surface area contributed by atoms with Gasteiger partial charge in [0.1, 0.15) is 11.8 Å². The van der Waals surface area contributed by atoms with Crippen LogP contribution in [0.3, 0.4) is 0 Å². The van der Waals surface area contributed by atoms with Crippen LogP contribution in [0.25, 0.3) is 0 Å². The third-order valence-corrected chi connectivity index (χ3v) is 5.89. The Kier molecular flexibility index (Phi) is 11.8. The number of nitrogens with zero attached hydrogens (tertiary/aromatic N) is 1. The molecule has 1 unspecified atom stereocenters. The lowest BCUT2D eigenvalue weighted by atomic mass is 10.0. The molecule has 0 radical (unpaired) electrons. The van der Waals surface area contributed by atoms with Crippen molar-refractivity contribution >= 4 is 35.4 Å². The smallest absolute Gasteiger partial charge is 0.471 e. The van der Waals surface area contributed by atoms with E-state index in [0.717, 1.165) is 4.90 Å². The van der Waals surface area contributed by atoms with Crippen LogP contribution in [-0.4, -0.2) is 112 Å². The minimum Gasteiger partial charge on any atom is -0.483 e. The molecule has 1 fully saturated rings. The van der Waals surface area contributed by atoms with Crippen LogP contribution in [0.1, 0.15) is 33.6 Å². The van der Waals surface area contributed by atoms with Gasteiger partial charge in [-0.2, -0.15) is 13.2 Å². The van der Waals surface area contributed by atoms with Gasteiger partial charge in [-0.15, -0.1) is 0 Å². The lowest BCUT2D eigenvalue weighted by Crippen LogP contribution is -2.54. The first-order chi connectivity index (χ1) is 20.0. The number of imide groups is 2. The number of alkyl halides is 3. The number of rotatable bonds is 16. The summed E-state index contributed by atoms with van der Waals surface area (Å²) in [5.74, 6) is -5.22. The maximum Gasteiger partial charge on any atom is 0.471 e. The number of fused-ring (bicyclic) bond motifs is 1. The number of hydrogen-bond acceptors (Lipinski definition) is 10. The van der Waals surface area contributed by atoms with Crippen molar-refractivity contribution in [1.82, 2.24) is 20.9 Å². The number of carbonyl (C=O) groups is 6. The van der Waals surface area contributed by atoms with E-state index in [-0.39, 0.29) is 82.4 Å². The van der Waals surface area contributed by atoms with Gasteiger partial charge in [-0.3, -0.25) is 39.0 Å². The van der Waals surface area contributed by atoms with E-state index in [0.29, 0.717) is 0 Å². The molecular formula is C25H29F3N4O10. The summed E-state index contributed by atoms with van der Waals surface area (Å²) in [5, 5.41) is 6.35. The molecule has 2 heterocycles. The first-order valence-electron chi connectivity index (χ1n) is 12.8. The Morgan fingerprint density at radius 1 is 0.905 bits per heavy atom. The molecule has 3 N–H and O–H groups in total. The zero-order valence-electron chi connectivity index (χ0n) is 22.3. The fourth-order valence-electron chi connectivity index (χ4n) is 3.94. The lowest BCUT2D eigenvalue weighted by Gasteiger charge is -2.27. The highest BCUT2D eigenvalue weighted by molar-refractivity contribution is 6.24. The van der Waals surface area contributed by atoms with Crippen LogP contribution in [0.5, 0.6) is 5.75 Å². The minimum absolute atomic E-state index is 0.000712. The van der Waals surface area contributed by atoms with Gasteiger partial charge in [-0.05, 0) is 18.6 Å². The molecule has 0 spiro atoms. The van der Waals surface area contributed by atoms with Gasteiger partial charge in [0.05, 0.1) is 50.8 Å². The molecule has 0 bridgehead atoms. The second-order valence-electron chi connectivity index (χ2n) is 8.86. The molecule has 0 aliphatic carbocycles. The Morgan fingerprint density at radius 3 is 2.14 bits per heavy atom. The van der Waals surface area contributed by atoms with Gasteiger partial charge in [-0.25, -0.2) is 0 Å². The molecule has 230 valence electrons. The van der Waals surface area contributed by atoms with E-state index in [2.05, 4.69) is 10.6 Å². The third-order valence-electron chi connectivity index (χ3n) is 5.89. The summed E-state index contributed by atoms with van der Waals surface area (Å²) in [6, 6.07) is 3.18. The van der Waals surface area contributed by atoms with Gasteiger partial charge in [0, 0.05) is 19.5 Å². The van der Waals surface area contributed by atoms with Crippen LogP contribution in [0.2, 0.25) is 0 Å². The van der Waals surface area contributed by atoms with Crippen LogP contribution in [-0.2, 0) is 33.4 Å². The van der Waals surface area contributed by atoms with Crippen molar-refractivity contribution in [2.24, 2.45) is 0 Å². The van der Waals surface area contributed by atoms with Crippen LogP contribution in [0.4, 0.5) is 13.2 Å². The predicted octanol–water partition coefficient (Wildman–Crippen LogP) is -0.689. The second-order valence-corrected chi connectivity index (χ2v) is 8.86. The highest BCUT2D eigenvalue weighted by atomic mass is 19.4. The number of piperidine rings is 1. The fourth-order valence-corrected chi connectivity index (χ4v) is 3.94. The third kappa shape index (κ3) is 8.95. The highest BCUT2D eigenvalue weighted by Crippen LogP contribution is 2.33. The van der Waals surface area contributed by atoms with Gasteiger partial charge >= 0.3 is 12.1 Å². The molecule has 1 aromatic rings. The maximum absolute atomic E-state index is 13.0. The Bertz CT molecular complexity index is 1190. The topological polar surface area (TPSA) is 179 Å². The monoisotopic (exact) mass is 602 g/mol. The van der Waals surface area contributed by atoms with Gasteiger partial charge in [0.15, 0.2) is 6.61 Å². The van der Waals surface area contributed by atoms with E-state index in [4.69, 9.17) is 18.9 Å². The largest absolute Gasteiger partial charge is 0.483 e. The molecule has 2 aliphatic rings. The standard InChI is InChI=1S/C25H29F3N4O10/c26-25(27,28)24(38)30-7-9-40-11-13-41-12-10-39-8-6-29-19(34)14-42-17-3-1-2-15-20(17)23(37)32(22(15)36)16-4-5-18(33)31-21(16)35/h1-3,16H,4-14H2,(H,29,34)(H,30,38)(H,31,33,35). The zero-order valence-corrected chi connectivity index (χ0v) is 22.3. The van der Waals surface area contributed by atoms with Crippen LogP contribution in [0.15, 0.2) is 18.2 Å². The van der Waals surface area contributed by atoms with Crippen LogP contribution >= 0.6 is 0 Å². The summed E-state index contributed by atoms with van der Waals surface area (Å²) in [4.78, 5) is 73.1. The van der Waals surface area contributed by atoms with Gasteiger partial charge < -0.3 is 29.6 Å². The quantitative estimate of drug-likeness (QED) is 0.162. The van der Waals surface area contributed by atoms with Crippen LogP contribution in [0, 0.1) is 0 Å². The molecule has 0 saturated carbocycles. The van der Waals surface area contributed by atoms with E-state index in [1.807, 2.05) is 0 Å². The SMILES string of the molecule is O=C(COc1cccc2c1C(=O)N(C1CCC(=O)NC1=O)C2=O)NCCOCCOCCOCCNC(=O)C(F)(F)F. The number of nitrogens with one attached hydrogen (secondary N) is 3. The zero-order chi connectivity index (χ0) is 30.7. The molecule has 42 heavy (non-hydrogen) atoms. The molecule has 6 amide bonds. The summed E-state index contributed by atoms with van der Waals surface area (Å²) < 4.78 is 57.1. The number of halogens is 3. The van der Waals surface area contributed by atoms with Gasteiger partial charge in [0.2, 0.25) is 11.8 Å². The first-order valence-corrected chi connectivity index (χ1v) is 12.8. The van der Waals surface area contributed by atoms with Gasteiger partial charge in [0.25, 0.3) is 17.7 Å². The van der Waals surface area contributed by atoms with Crippen molar-refractivity contribution in [2.75, 3.05) is 59.3 Å². The second kappa shape index (κ2) is 15.2.